The van der Waals surface area contributed by atoms with E-state index in [0.717, 1.165) is 6.07 Å². The number of benzene rings is 1. The number of carboxylic acids is 1. The van der Waals surface area contributed by atoms with Crippen LogP contribution in [-0.4, -0.2) is 58.0 Å². The molecule has 1 aliphatic carbocycles. The number of phenolic OH excluding ortho intramolecular Hbond substituents is 2. The molecular weight excluding hydrogens is 360 g/mol. The third-order valence-electron chi connectivity index (χ3n) is 5.07. The maximum atomic E-state index is 13.1. The first-order valence-corrected chi connectivity index (χ1v) is 8.20. The van der Waals surface area contributed by atoms with Gasteiger partial charge in [0, 0.05) is 30.1 Å². The normalized spacial score (nSPS) is 29.3. The third kappa shape index (κ3) is 2.35. The van der Waals surface area contributed by atoms with Gasteiger partial charge in [0.25, 0.3) is 0 Å². The van der Waals surface area contributed by atoms with Crippen LogP contribution in [0.15, 0.2) is 17.2 Å². The van der Waals surface area contributed by atoms with Crippen molar-refractivity contribution in [3.05, 3.63) is 28.3 Å². The number of carbonyl (C=O) groups is 3. The Morgan fingerprint density at radius 3 is 2.56 bits per heavy atom. The van der Waals surface area contributed by atoms with Gasteiger partial charge in [-0.15, -0.1) is 0 Å². The summed E-state index contributed by atoms with van der Waals surface area (Å²) in [6, 6.07) is 1.04. The van der Waals surface area contributed by atoms with Gasteiger partial charge in [0.15, 0.2) is 35.0 Å². The largest absolute Gasteiger partial charge is 0.507 e. The monoisotopic (exact) mass is 376 g/mol. The van der Waals surface area contributed by atoms with Crippen molar-refractivity contribution in [2.75, 3.05) is 7.11 Å². The Bertz CT molecular complexity index is 945. The number of hydrogen-bond acceptors (Lipinski definition) is 8. The molecule has 0 saturated carbocycles. The lowest BCUT2D eigenvalue weighted by Gasteiger charge is -2.47. The van der Waals surface area contributed by atoms with E-state index in [0.29, 0.717) is 0 Å². The third-order valence-corrected chi connectivity index (χ3v) is 5.07. The molecule has 4 rings (SSSR count). The number of phenols is 2. The fraction of sp³-hybridized carbons (Fsp3) is 0.389. The van der Waals surface area contributed by atoms with Crippen molar-refractivity contribution in [3.63, 3.8) is 0 Å². The summed E-state index contributed by atoms with van der Waals surface area (Å²) in [5.74, 6) is -5.12. The van der Waals surface area contributed by atoms with E-state index in [4.69, 9.17) is 14.2 Å². The Kier molecular flexibility index (Phi) is 3.59. The van der Waals surface area contributed by atoms with Crippen LogP contribution < -0.4 is 4.74 Å². The van der Waals surface area contributed by atoms with Crippen molar-refractivity contribution in [1.29, 1.82) is 0 Å². The second-order valence-electron chi connectivity index (χ2n) is 6.84. The molecule has 0 radical (unpaired) electrons. The van der Waals surface area contributed by atoms with Crippen LogP contribution in [0.5, 0.6) is 17.2 Å². The SMILES string of the molecule is COc1cc(O)c2c(c1O)C(=O)C1=C(C2=O)C2C[C@H](C(=O)O)OC(C)(C1)O2. The first kappa shape index (κ1) is 17.5. The zero-order valence-electron chi connectivity index (χ0n) is 14.4. The molecule has 9 heteroatoms. The van der Waals surface area contributed by atoms with E-state index >= 15 is 0 Å². The molecule has 2 bridgehead atoms. The van der Waals surface area contributed by atoms with Crippen molar-refractivity contribution < 1.29 is 43.9 Å². The van der Waals surface area contributed by atoms with Crippen molar-refractivity contribution in [2.24, 2.45) is 0 Å². The standard InChI is InChI=1S/C18H16O9/c1-18-5-6-11(8(26-18)4-10(27-18)17(23)24)16(22)12-7(19)3-9(25-2)15(21)13(12)14(6)20/h3,8,10,19,21H,4-5H2,1-2H3,(H,23,24)/t8?,10-,18?/m1/s1. The summed E-state index contributed by atoms with van der Waals surface area (Å²) >= 11 is 0. The second-order valence-corrected chi connectivity index (χ2v) is 6.84. The van der Waals surface area contributed by atoms with Gasteiger partial charge in [0.1, 0.15) is 5.75 Å². The number of ketones is 2. The van der Waals surface area contributed by atoms with Crippen LogP contribution >= 0.6 is 0 Å². The van der Waals surface area contributed by atoms with E-state index in [1.165, 1.54) is 14.0 Å². The fourth-order valence-corrected chi connectivity index (χ4v) is 3.95. The van der Waals surface area contributed by atoms with Gasteiger partial charge in [-0.2, -0.15) is 0 Å². The lowest BCUT2D eigenvalue weighted by Crippen LogP contribution is -2.54. The molecule has 27 heavy (non-hydrogen) atoms. The number of carbonyl (C=O) groups excluding carboxylic acids is 2. The van der Waals surface area contributed by atoms with Gasteiger partial charge in [-0.1, -0.05) is 0 Å². The average molecular weight is 376 g/mol. The van der Waals surface area contributed by atoms with Gasteiger partial charge in [-0.3, -0.25) is 9.59 Å². The van der Waals surface area contributed by atoms with Crippen molar-refractivity contribution in [3.8, 4) is 17.2 Å². The van der Waals surface area contributed by atoms with Crippen molar-refractivity contribution in [2.45, 2.75) is 37.8 Å². The van der Waals surface area contributed by atoms with E-state index in [2.05, 4.69) is 0 Å². The maximum absolute atomic E-state index is 13.1. The lowest BCUT2D eigenvalue weighted by atomic mass is 9.75. The molecule has 1 saturated heterocycles. The van der Waals surface area contributed by atoms with Crippen LogP contribution in [-0.2, 0) is 14.3 Å². The van der Waals surface area contributed by atoms with Crippen LogP contribution in [0, 0.1) is 0 Å². The summed E-state index contributed by atoms with van der Waals surface area (Å²) in [4.78, 5) is 37.5. The summed E-state index contributed by atoms with van der Waals surface area (Å²) in [5.41, 5.74) is -0.603. The van der Waals surface area contributed by atoms with Gasteiger partial charge in [-0.05, 0) is 6.92 Å². The predicted octanol–water partition coefficient (Wildman–Crippen LogP) is 1.16. The minimum Gasteiger partial charge on any atom is -0.507 e. The summed E-state index contributed by atoms with van der Waals surface area (Å²) in [5, 5.41) is 29.9. The van der Waals surface area contributed by atoms with Gasteiger partial charge < -0.3 is 29.5 Å². The van der Waals surface area contributed by atoms with Gasteiger partial charge in [0.05, 0.1) is 24.3 Å². The van der Waals surface area contributed by atoms with Crippen LogP contribution in [0.4, 0.5) is 0 Å². The second kappa shape index (κ2) is 5.54. The minimum absolute atomic E-state index is 0.000563. The highest BCUT2D eigenvalue weighted by Crippen LogP contribution is 2.49. The summed E-state index contributed by atoms with van der Waals surface area (Å²) in [6.07, 6.45) is -2.47. The molecule has 0 amide bonds. The van der Waals surface area contributed by atoms with E-state index < -0.39 is 47.0 Å². The zero-order valence-corrected chi connectivity index (χ0v) is 14.4. The van der Waals surface area contributed by atoms with Crippen molar-refractivity contribution >= 4 is 17.5 Å². The van der Waals surface area contributed by atoms with Gasteiger partial charge in [-0.25, -0.2) is 4.79 Å². The molecule has 1 fully saturated rings. The fourth-order valence-electron chi connectivity index (χ4n) is 3.95. The molecule has 1 aromatic rings. The van der Waals surface area contributed by atoms with Crippen LogP contribution in [0.3, 0.4) is 0 Å². The number of rotatable bonds is 2. The first-order valence-electron chi connectivity index (χ1n) is 8.20. The predicted molar refractivity (Wildman–Crippen MR) is 87.0 cm³/mol. The molecule has 1 aromatic carbocycles. The van der Waals surface area contributed by atoms with E-state index in [1.54, 1.807) is 0 Å². The Balaban J connectivity index is 1.90. The minimum atomic E-state index is -1.39. The Morgan fingerprint density at radius 2 is 1.93 bits per heavy atom. The van der Waals surface area contributed by atoms with Crippen LogP contribution in [0.25, 0.3) is 0 Å². The number of ether oxygens (including phenoxy) is 3. The summed E-state index contributed by atoms with van der Waals surface area (Å²) in [6.45, 7) is 1.50. The molecule has 2 aliphatic heterocycles. The number of methoxy groups -OCH3 is 1. The molecule has 3 N–H and O–H groups in total. The number of aromatic hydroxyl groups is 2. The lowest BCUT2D eigenvalue weighted by molar-refractivity contribution is -0.302. The maximum Gasteiger partial charge on any atom is 0.333 e. The number of hydrogen-bond donors (Lipinski definition) is 3. The smallest absolute Gasteiger partial charge is 0.333 e. The average Bonchev–Trinajstić information content (AvgIpc) is 2.59. The molecule has 0 spiro atoms. The molecule has 9 nitrogen and oxygen atoms in total. The molecule has 3 atom stereocenters. The topological polar surface area (TPSA) is 140 Å². The molecule has 142 valence electrons. The Morgan fingerprint density at radius 1 is 1.22 bits per heavy atom. The van der Waals surface area contributed by atoms with Crippen molar-refractivity contribution in [1.82, 2.24) is 0 Å². The number of fused-ring (bicyclic) bond motifs is 4. The quantitative estimate of drug-likeness (QED) is 0.649. The van der Waals surface area contributed by atoms with Crippen LogP contribution in [0.2, 0.25) is 0 Å². The molecule has 2 unspecified atom stereocenters. The highest BCUT2D eigenvalue weighted by atomic mass is 16.7. The molecule has 2 heterocycles. The van der Waals surface area contributed by atoms with Crippen LogP contribution in [0.1, 0.15) is 40.5 Å². The number of carboxylic acid groups (broad SMARTS) is 1. The van der Waals surface area contributed by atoms with E-state index in [-0.39, 0.29) is 40.9 Å². The van der Waals surface area contributed by atoms with E-state index in [9.17, 15) is 29.7 Å². The highest BCUT2D eigenvalue weighted by molar-refractivity contribution is 6.29. The molecule has 0 aromatic heterocycles. The molecule has 3 aliphatic rings. The first-order chi connectivity index (χ1) is 12.7. The number of Topliss-reactive ketones (excluding diaryl/α,β-unsaturated/α-hetero) is 2. The van der Waals surface area contributed by atoms with Gasteiger partial charge in [0.2, 0.25) is 0 Å². The Labute approximate surface area is 152 Å². The van der Waals surface area contributed by atoms with Gasteiger partial charge >= 0.3 is 5.97 Å². The van der Waals surface area contributed by atoms with E-state index in [1.807, 2.05) is 0 Å². The zero-order chi connectivity index (χ0) is 19.7. The summed E-state index contributed by atoms with van der Waals surface area (Å²) in [7, 11) is 1.25. The Hall–Kier alpha value is -2.91. The molecular formula is C18H16O9. The highest BCUT2D eigenvalue weighted by Gasteiger charge is 2.53. The summed E-state index contributed by atoms with van der Waals surface area (Å²) < 4.78 is 16.1. The number of aliphatic carboxylic acids is 1.